The predicted octanol–water partition coefficient (Wildman–Crippen LogP) is 6.01. The number of rotatable bonds is 3. The molecule has 0 unspecified atom stereocenters. The average Bonchev–Trinajstić information content (AvgIpc) is 2.83. The Morgan fingerprint density at radius 1 is 0.857 bits per heavy atom. The Hall–Kier alpha value is -2.28. The summed E-state index contributed by atoms with van der Waals surface area (Å²) in [4.78, 5) is 0. The van der Waals surface area contributed by atoms with Crippen LogP contribution in [-0.2, 0) is 0 Å². The predicted molar refractivity (Wildman–Crippen MR) is 93.4 cm³/mol. The van der Waals surface area contributed by atoms with Crippen LogP contribution in [-0.4, -0.2) is 4.57 Å². The number of benzene rings is 2. The highest BCUT2D eigenvalue weighted by Gasteiger charge is 2.11. The molecule has 3 aromatic rings. The summed E-state index contributed by atoms with van der Waals surface area (Å²) in [7, 11) is 0. The van der Waals surface area contributed by atoms with Gasteiger partial charge in [-0.1, -0.05) is 55.0 Å². The molecule has 0 aliphatic heterocycles. The Kier molecular flexibility index (Phi) is 3.66. The fourth-order valence-electron chi connectivity index (χ4n) is 2.85. The van der Waals surface area contributed by atoms with Crippen LogP contribution in [0.25, 0.3) is 27.5 Å². The molecule has 3 rings (SSSR count). The third kappa shape index (κ3) is 2.40. The molecule has 0 amide bonds. The monoisotopic (exact) mass is 275 g/mol. The van der Waals surface area contributed by atoms with E-state index in [-0.39, 0.29) is 0 Å². The second kappa shape index (κ2) is 5.61. The smallest absolute Gasteiger partial charge is 0.0537 e. The normalized spacial score (nSPS) is 12.0. The van der Waals surface area contributed by atoms with E-state index in [9.17, 15) is 0 Å². The number of aromatic nitrogens is 1. The van der Waals surface area contributed by atoms with Crippen molar-refractivity contribution in [1.82, 2.24) is 4.57 Å². The van der Waals surface area contributed by atoms with Crippen LogP contribution in [0.3, 0.4) is 0 Å². The minimum atomic E-state index is 1.01. The van der Waals surface area contributed by atoms with E-state index >= 15 is 0 Å². The van der Waals surface area contributed by atoms with Crippen molar-refractivity contribution in [3.05, 3.63) is 66.3 Å². The maximum Gasteiger partial charge on any atom is 0.0537 e. The van der Waals surface area contributed by atoms with Gasteiger partial charge in [0.05, 0.1) is 11.0 Å². The lowest BCUT2D eigenvalue weighted by Gasteiger charge is -2.10. The highest BCUT2D eigenvalue weighted by Crippen LogP contribution is 2.32. The van der Waals surface area contributed by atoms with Crippen molar-refractivity contribution in [2.45, 2.75) is 27.2 Å². The number of hydrogen-bond donors (Lipinski definition) is 0. The molecule has 0 bridgehead atoms. The molecule has 0 radical (unpaired) electrons. The molecular weight excluding hydrogens is 254 g/mol. The quantitative estimate of drug-likeness (QED) is 0.516. The number of nitrogens with zero attached hydrogens (tertiary/aromatic N) is 1. The number of hydrogen-bond acceptors (Lipinski definition) is 0. The molecule has 0 aliphatic rings. The first-order valence-corrected chi connectivity index (χ1v) is 7.55. The van der Waals surface area contributed by atoms with Crippen molar-refractivity contribution in [2.75, 3.05) is 0 Å². The Morgan fingerprint density at radius 2 is 1.38 bits per heavy atom. The van der Waals surface area contributed by atoms with Crippen molar-refractivity contribution in [3.8, 4) is 0 Å². The van der Waals surface area contributed by atoms with Crippen LogP contribution in [0.1, 0.15) is 27.2 Å². The molecule has 0 aliphatic carbocycles. The van der Waals surface area contributed by atoms with Gasteiger partial charge < -0.3 is 4.57 Å². The zero-order chi connectivity index (χ0) is 14.8. The molecule has 0 atom stereocenters. The van der Waals surface area contributed by atoms with Gasteiger partial charge in [0.1, 0.15) is 0 Å². The van der Waals surface area contributed by atoms with E-state index in [1.807, 2.05) is 0 Å². The molecule has 0 saturated carbocycles. The fraction of sp³-hybridized carbons (Fsp3) is 0.200. The van der Waals surface area contributed by atoms with E-state index in [1.165, 1.54) is 33.1 Å². The highest BCUT2D eigenvalue weighted by atomic mass is 15.0. The average molecular weight is 275 g/mol. The molecule has 1 nitrogen and oxygen atoms in total. The number of para-hydroxylation sites is 2. The maximum atomic E-state index is 2.39. The summed E-state index contributed by atoms with van der Waals surface area (Å²) in [6.45, 7) is 6.49. The molecule has 0 spiro atoms. The number of allylic oxidation sites excluding steroid dienone is 4. The van der Waals surface area contributed by atoms with Crippen molar-refractivity contribution < 1.29 is 0 Å². The third-order valence-corrected chi connectivity index (χ3v) is 3.84. The first kappa shape index (κ1) is 13.7. The van der Waals surface area contributed by atoms with Crippen LogP contribution in [0.4, 0.5) is 0 Å². The van der Waals surface area contributed by atoms with Crippen molar-refractivity contribution in [3.63, 3.8) is 0 Å². The van der Waals surface area contributed by atoms with Crippen LogP contribution in [0, 0.1) is 0 Å². The van der Waals surface area contributed by atoms with Crippen LogP contribution in [0.15, 0.2) is 66.3 Å². The van der Waals surface area contributed by atoms with Gasteiger partial charge in [-0.2, -0.15) is 0 Å². The van der Waals surface area contributed by atoms with Gasteiger partial charge in [0, 0.05) is 16.5 Å². The van der Waals surface area contributed by atoms with Gasteiger partial charge in [0.15, 0.2) is 0 Å². The molecule has 1 aromatic heterocycles. The van der Waals surface area contributed by atoms with Crippen molar-refractivity contribution >= 4 is 27.5 Å². The van der Waals surface area contributed by atoms with Gasteiger partial charge in [-0.15, -0.1) is 0 Å². The topological polar surface area (TPSA) is 4.93 Å². The molecule has 1 heteroatoms. The lowest BCUT2D eigenvalue weighted by molar-refractivity contribution is 1.08. The lowest BCUT2D eigenvalue weighted by Crippen LogP contribution is -1.95. The van der Waals surface area contributed by atoms with E-state index in [2.05, 4.69) is 86.0 Å². The third-order valence-electron chi connectivity index (χ3n) is 3.84. The summed E-state index contributed by atoms with van der Waals surface area (Å²) in [5.74, 6) is 0. The Labute approximate surface area is 126 Å². The first-order valence-electron chi connectivity index (χ1n) is 7.55. The van der Waals surface area contributed by atoms with Crippen LogP contribution in [0.2, 0.25) is 0 Å². The molecule has 106 valence electrons. The standard InChI is InChI=1S/C20H21N/c1-4-16(14-13-15(2)3)21-19-11-7-5-9-17(19)18-10-6-8-12-20(18)21/h5-14H,4H2,1-3H3/b16-14+. The van der Waals surface area contributed by atoms with E-state index in [1.54, 1.807) is 0 Å². The first-order chi connectivity index (χ1) is 10.2. The summed E-state index contributed by atoms with van der Waals surface area (Å²) in [5, 5.41) is 2.65. The largest absolute Gasteiger partial charge is 0.313 e. The molecule has 0 saturated heterocycles. The van der Waals surface area contributed by atoms with Gasteiger partial charge in [-0.3, -0.25) is 0 Å². The van der Waals surface area contributed by atoms with E-state index in [4.69, 9.17) is 0 Å². The lowest BCUT2D eigenvalue weighted by atomic mass is 10.2. The molecular formula is C20H21N. The fourth-order valence-corrected chi connectivity index (χ4v) is 2.85. The highest BCUT2D eigenvalue weighted by molar-refractivity contribution is 6.09. The maximum absolute atomic E-state index is 2.39. The van der Waals surface area contributed by atoms with Gasteiger partial charge in [-0.25, -0.2) is 0 Å². The molecule has 0 fully saturated rings. The zero-order valence-corrected chi connectivity index (χ0v) is 12.9. The van der Waals surface area contributed by atoms with E-state index < -0.39 is 0 Å². The summed E-state index contributed by atoms with van der Waals surface area (Å²) in [6, 6.07) is 17.3. The summed E-state index contributed by atoms with van der Waals surface area (Å²) in [6.07, 6.45) is 5.45. The Bertz CT molecular complexity index is 789. The Balaban J connectivity index is 2.38. The van der Waals surface area contributed by atoms with E-state index in [0.29, 0.717) is 0 Å². The summed E-state index contributed by atoms with van der Waals surface area (Å²) < 4.78 is 2.39. The second-order valence-corrected chi connectivity index (χ2v) is 5.63. The molecule has 2 aromatic carbocycles. The SMILES string of the molecule is CC/C(=C\C=C(C)C)n1c2ccccc2c2ccccc21. The van der Waals surface area contributed by atoms with Crippen LogP contribution in [0.5, 0.6) is 0 Å². The van der Waals surface area contributed by atoms with E-state index in [0.717, 1.165) is 6.42 Å². The Morgan fingerprint density at radius 3 is 1.86 bits per heavy atom. The molecule has 21 heavy (non-hydrogen) atoms. The number of fused-ring (bicyclic) bond motifs is 3. The van der Waals surface area contributed by atoms with Gasteiger partial charge in [-0.05, 0) is 38.5 Å². The van der Waals surface area contributed by atoms with Crippen LogP contribution < -0.4 is 0 Å². The summed E-state index contributed by atoms with van der Waals surface area (Å²) in [5.41, 5.74) is 5.22. The second-order valence-electron chi connectivity index (χ2n) is 5.63. The molecule has 0 N–H and O–H groups in total. The minimum absolute atomic E-state index is 1.01. The van der Waals surface area contributed by atoms with Gasteiger partial charge in [0.25, 0.3) is 0 Å². The minimum Gasteiger partial charge on any atom is -0.313 e. The van der Waals surface area contributed by atoms with Crippen molar-refractivity contribution in [2.24, 2.45) is 0 Å². The van der Waals surface area contributed by atoms with Gasteiger partial charge >= 0.3 is 0 Å². The zero-order valence-electron chi connectivity index (χ0n) is 12.9. The van der Waals surface area contributed by atoms with Crippen LogP contribution >= 0.6 is 0 Å². The summed E-state index contributed by atoms with van der Waals surface area (Å²) >= 11 is 0. The van der Waals surface area contributed by atoms with Crippen molar-refractivity contribution in [1.29, 1.82) is 0 Å². The van der Waals surface area contributed by atoms with Gasteiger partial charge in [0.2, 0.25) is 0 Å². The molecule has 1 heterocycles.